The number of nitrogens with zero attached hydrogens (tertiary/aromatic N) is 1. The van der Waals surface area contributed by atoms with Crippen molar-refractivity contribution in [3.63, 3.8) is 0 Å². The minimum absolute atomic E-state index is 0. The molecule has 1 heterocycles. The lowest BCUT2D eigenvalue weighted by Gasteiger charge is -2.13. The van der Waals surface area contributed by atoms with Crippen LogP contribution >= 0.6 is 12.4 Å². The predicted molar refractivity (Wildman–Crippen MR) is 96.2 cm³/mol. The molecule has 0 saturated heterocycles. The first-order valence-electron chi connectivity index (χ1n) is 7.47. The summed E-state index contributed by atoms with van der Waals surface area (Å²) in [6.45, 7) is 4.28. The van der Waals surface area contributed by atoms with Crippen molar-refractivity contribution in [2.24, 2.45) is 4.99 Å². The van der Waals surface area contributed by atoms with Crippen LogP contribution < -0.4 is 15.4 Å². The maximum atomic E-state index is 12.0. The summed E-state index contributed by atoms with van der Waals surface area (Å²) in [6.07, 6.45) is 0.198. The summed E-state index contributed by atoms with van der Waals surface area (Å²) in [4.78, 5) is 16.4. The van der Waals surface area contributed by atoms with Crippen molar-refractivity contribution in [3.8, 4) is 0 Å². The Morgan fingerprint density at radius 2 is 1.96 bits per heavy atom. The van der Waals surface area contributed by atoms with E-state index in [4.69, 9.17) is 0 Å². The highest BCUT2D eigenvalue weighted by Crippen LogP contribution is 2.22. The van der Waals surface area contributed by atoms with Crippen LogP contribution in [0.25, 0.3) is 0 Å². The molecule has 2 unspecified atom stereocenters. The van der Waals surface area contributed by atoms with E-state index < -0.39 is 10.0 Å². The van der Waals surface area contributed by atoms with E-state index in [1.54, 1.807) is 25.1 Å². The fourth-order valence-electron chi connectivity index (χ4n) is 2.21. The number of likely N-dealkylation sites (N-methyl/N-ethyl adjacent to an activating group) is 1. The van der Waals surface area contributed by atoms with Crippen molar-refractivity contribution < 1.29 is 13.2 Å². The lowest BCUT2D eigenvalue weighted by atomic mass is 10.2. The van der Waals surface area contributed by atoms with Crippen LogP contribution in [0, 0.1) is 0 Å². The molecule has 1 aromatic carbocycles. The number of benzene rings is 1. The van der Waals surface area contributed by atoms with Gasteiger partial charge < -0.3 is 10.6 Å². The molecule has 0 saturated carbocycles. The molecule has 1 aromatic rings. The number of carbonyl (C=O) groups excluding carboxylic acids is 1. The van der Waals surface area contributed by atoms with E-state index >= 15 is 0 Å². The molecule has 0 bridgehead atoms. The van der Waals surface area contributed by atoms with Crippen molar-refractivity contribution in [2.75, 3.05) is 13.6 Å². The standard InChI is InChI=1S/C15H22N4O3S.ClH/c1-10(8-14(20)17-9-11(2)16-3)18-15-12-6-4-5-7-13(12)23(21,22)19-15;/h4-7,10-11,16H,8-9H2,1-3H3,(H,17,20)(H,18,19);1H. The molecule has 1 aliphatic heterocycles. The Bertz CT molecular complexity index is 721. The summed E-state index contributed by atoms with van der Waals surface area (Å²) in [5, 5.41) is 5.85. The van der Waals surface area contributed by atoms with Crippen molar-refractivity contribution in [1.29, 1.82) is 0 Å². The smallest absolute Gasteiger partial charge is 0.263 e. The fourth-order valence-corrected chi connectivity index (χ4v) is 3.44. The van der Waals surface area contributed by atoms with Gasteiger partial charge in [0.05, 0.1) is 10.9 Å². The van der Waals surface area contributed by atoms with Crippen LogP contribution in [0.3, 0.4) is 0 Å². The number of sulfonamides is 1. The molecule has 1 aliphatic rings. The van der Waals surface area contributed by atoms with E-state index in [-0.39, 0.29) is 41.7 Å². The average Bonchev–Trinajstić information content (AvgIpc) is 2.76. The zero-order valence-electron chi connectivity index (χ0n) is 13.9. The van der Waals surface area contributed by atoms with Gasteiger partial charge in [-0.05, 0) is 33.0 Å². The van der Waals surface area contributed by atoms with Gasteiger partial charge in [-0.25, -0.2) is 8.42 Å². The van der Waals surface area contributed by atoms with Gasteiger partial charge >= 0.3 is 0 Å². The van der Waals surface area contributed by atoms with Crippen molar-refractivity contribution in [1.82, 2.24) is 15.4 Å². The number of hydrogen-bond donors (Lipinski definition) is 3. The first kappa shape index (κ1) is 20.4. The number of amidine groups is 1. The van der Waals surface area contributed by atoms with E-state index in [1.807, 2.05) is 14.0 Å². The molecule has 2 atom stereocenters. The monoisotopic (exact) mass is 374 g/mol. The molecule has 0 radical (unpaired) electrons. The topological polar surface area (TPSA) is 99.7 Å². The molecule has 134 valence electrons. The maximum Gasteiger partial charge on any atom is 0.263 e. The van der Waals surface area contributed by atoms with Crippen LogP contribution in [0.5, 0.6) is 0 Å². The van der Waals surface area contributed by atoms with Gasteiger partial charge in [0, 0.05) is 24.6 Å². The first-order chi connectivity index (χ1) is 10.8. The third-order valence-corrected chi connectivity index (χ3v) is 4.99. The van der Waals surface area contributed by atoms with E-state index in [2.05, 4.69) is 20.3 Å². The van der Waals surface area contributed by atoms with Gasteiger partial charge in [-0.1, -0.05) is 12.1 Å². The first-order valence-corrected chi connectivity index (χ1v) is 8.96. The van der Waals surface area contributed by atoms with Crippen LogP contribution in [0.2, 0.25) is 0 Å². The molecule has 0 aliphatic carbocycles. The Balaban J connectivity index is 0.00000288. The number of carbonyl (C=O) groups is 1. The van der Waals surface area contributed by atoms with E-state index in [0.29, 0.717) is 17.9 Å². The molecule has 1 amide bonds. The Morgan fingerprint density at radius 1 is 1.29 bits per heavy atom. The SMILES string of the molecule is CNC(C)CNC(=O)CC(C)N=C1NS(=O)(=O)c2ccccc21.Cl. The van der Waals surface area contributed by atoms with Gasteiger partial charge in [0.25, 0.3) is 10.0 Å². The van der Waals surface area contributed by atoms with Gasteiger partial charge in [0.1, 0.15) is 5.84 Å². The van der Waals surface area contributed by atoms with Crippen molar-refractivity contribution in [2.45, 2.75) is 37.2 Å². The summed E-state index contributed by atoms with van der Waals surface area (Å²) >= 11 is 0. The Kier molecular flexibility index (Phi) is 7.19. The van der Waals surface area contributed by atoms with Gasteiger partial charge in [-0.15, -0.1) is 12.4 Å². The van der Waals surface area contributed by atoms with Gasteiger partial charge in [-0.3, -0.25) is 14.5 Å². The van der Waals surface area contributed by atoms with E-state index in [1.165, 1.54) is 6.07 Å². The van der Waals surface area contributed by atoms with E-state index in [9.17, 15) is 13.2 Å². The third kappa shape index (κ3) is 4.93. The second-order valence-corrected chi connectivity index (χ2v) is 7.28. The molecule has 0 spiro atoms. The number of hydrogen-bond acceptors (Lipinski definition) is 5. The summed E-state index contributed by atoms with van der Waals surface area (Å²) in [7, 11) is -1.71. The largest absolute Gasteiger partial charge is 0.354 e. The number of nitrogens with one attached hydrogen (secondary N) is 3. The van der Waals surface area contributed by atoms with Gasteiger partial charge in [-0.2, -0.15) is 0 Å². The fraction of sp³-hybridized carbons (Fsp3) is 0.467. The Hall–Kier alpha value is -1.64. The minimum atomic E-state index is -3.54. The third-order valence-electron chi connectivity index (χ3n) is 3.59. The zero-order chi connectivity index (χ0) is 17.0. The summed E-state index contributed by atoms with van der Waals surface area (Å²) in [5.74, 6) is 0.183. The van der Waals surface area contributed by atoms with E-state index in [0.717, 1.165) is 0 Å². The maximum absolute atomic E-state index is 12.0. The molecule has 9 heteroatoms. The average molecular weight is 375 g/mol. The highest BCUT2D eigenvalue weighted by Gasteiger charge is 2.30. The molecular weight excluding hydrogens is 352 g/mol. The minimum Gasteiger partial charge on any atom is -0.354 e. The molecule has 24 heavy (non-hydrogen) atoms. The second-order valence-electron chi connectivity index (χ2n) is 5.63. The van der Waals surface area contributed by atoms with Gasteiger partial charge in [0.2, 0.25) is 5.91 Å². The summed E-state index contributed by atoms with van der Waals surface area (Å²) in [6, 6.07) is 6.52. The molecule has 0 aromatic heterocycles. The quantitative estimate of drug-likeness (QED) is 0.680. The second kappa shape index (κ2) is 8.46. The number of rotatable bonds is 6. The lowest BCUT2D eigenvalue weighted by Crippen LogP contribution is -2.38. The van der Waals surface area contributed by atoms with Gasteiger partial charge in [0.15, 0.2) is 0 Å². The van der Waals surface area contributed by atoms with Crippen LogP contribution in [0.1, 0.15) is 25.8 Å². The summed E-state index contributed by atoms with van der Waals surface area (Å²) in [5.41, 5.74) is 0.545. The molecule has 2 rings (SSSR count). The molecule has 7 nitrogen and oxygen atoms in total. The number of fused-ring (bicyclic) bond motifs is 1. The van der Waals surface area contributed by atoms with Crippen molar-refractivity contribution >= 4 is 34.2 Å². The molecule has 0 fully saturated rings. The summed E-state index contributed by atoms with van der Waals surface area (Å²) < 4.78 is 26.4. The predicted octanol–water partition coefficient (Wildman–Crippen LogP) is 0.650. The molecular formula is C15H23ClN4O3S. The number of halogens is 1. The Morgan fingerprint density at radius 3 is 2.62 bits per heavy atom. The van der Waals surface area contributed by atoms with Crippen LogP contribution in [0.15, 0.2) is 34.2 Å². The highest BCUT2D eigenvalue weighted by atomic mass is 35.5. The highest BCUT2D eigenvalue weighted by molar-refractivity contribution is 7.90. The van der Waals surface area contributed by atoms with Crippen LogP contribution in [0.4, 0.5) is 0 Å². The van der Waals surface area contributed by atoms with Crippen LogP contribution in [-0.4, -0.2) is 45.8 Å². The number of amides is 1. The lowest BCUT2D eigenvalue weighted by molar-refractivity contribution is -0.121. The molecule has 3 N–H and O–H groups in total. The van der Waals surface area contributed by atoms with Crippen LogP contribution in [-0.2, 0) is 14.8 Å². The normalized spacial score (nSPS) is 18.9. The van der Waals surface area contributed by atoms with Crippen molar-refractivity contribution in [3.05, 3.63) is 29.8 Å². The zero-order valence-corrected chi connectivity index (χ0v) is 15.5. The number of aliphatic imine (C=N–C) groups is 1. The Labute approximate surface area is 148 Å².